The molecule has 1 saturated carbocycles. The summed E-state index contributed by atoms with van der Waals surface area (Å²) < 4.78 is 5.42. The minimum Gasteiger partial charge on any atom is -0.507 e. The predicted octanol–water partition coefficient (Wildman–Crippen LogP) is 4.11. The summed E-state index contributed by atoms with van der Waals surface area (Å²) in [5.41, 5.74) is 3.95. The van der Waals surface area contributed by atoms with E-state index in [1.807, 2.05) is 24.3 Å². The predicted molar refractivity (Wildman–Crippen MR) is 126 cm³/mol. The summed E-state index contributed by atoms with van der Waals surface area (Å²) in [7, 11) is 1.74. The van der Waals surface area contributed by atoms with Crippen molar-refractivity contribution in [3.8, 4) is 5.75 Å². The summed E-state index contributed by atoms with van der Waals surface area (Å²) in [5, 5.41) is 19.0. The van der Waals surface area contributed by atoms with Crippen molar-refractivity contribution in [3.63, 3.8) is 0 Å². The number of aromatic amines is 1. The minimum atomic E-state index is -0.239. The number of anilines is 2. The number of carbonyl (C=O) groups is 1. The number of phenolic OH excluding ortho intramolecular Hbond substituents is 1. The lowest BCUT2D eigenvalue weighted by molar-refractivity contribution is 0.0990. The quantitative estimate of drug-likeness (QED) is 0.631. The molecular weight excluding hydrogens is 404 g/mol. The summed E-state index contributed by atoms with van der Waals surface area (Å²) in [6.45, 7) is 3.21. The molecule has 7 nitrogen and oxygen atoms in total. The number of hydrogen-bond acceptors (Lipinski definition) is 5. The topological polar surface area (TPSA) is 81.7 Å². The molecule has 0 bridgehead atoms. The third-order valence-electron chi connectivity index (χ3n) is 6.87. The number of carbonyl (C=O) groups excluding carboxylic acids is 1. The van der Waals surface area contributed by atoms with Gasteiger partial charge in [-0.1, -0.05) is 25.7 Å². The highest BCUT2D eigenvalue weighted by molar-refractivity contribution is 6.09. The number of nitrogens with zero attached hydrogens (tertiary/aromatic N) is 3. The Balaban J connectivity index is 1.37. The van der Waals surface area contributed by atoms with Crippen molar-refractivity contribution < 1.29 is 14.6 Å². The molecule has 2 N–H and O–H groups in total. The van der Waals surface area contributed by atoms with E-state index in [-0.39, 0.29) is 11.7 Å². The van der Waals surface area contributed by atoms with E-state index in [9.17, 15) is 9.90 Å². The molecule has 168 valence electrons. The highest BCUT2D eigenvalue weighted by Crippen LogP contribution is 2.32. The number of fused-ring (bicyclic) bond motifs is 1. The smallest absolute Gasteiger partial charge is 0.261 e. The van der Waals surface area contributed by atoms with Gasteiger partial charge in [0.15, 0.2) is 0 Å². The summed E-state index contributed by atoms with van der Waals surface area (Å²) in [6, 6.07) is 11.3. The van der Waals surface area contributed by atoms with Crippen molar-refractivity contribution in [2.75, 3.05) is 43.2 Å². The number of aromatic nitrogens is 2. The lowest BCUT2D eigenvalue weighted by atomic mass is 9.99. The Labute approximate surface area is 188 Å². The van der Waals surface area contributed by atoms with Crippen LogP contribution in [0.15, 0.2) is 36.4 Å². The van der Waals surface area contributed by atoms with Gasteiger partial charge >= 0.3 is 0 Å². The maximum absolute atomic E-state index is 13.3. The summed E-state index contributed by atoms with van der Waals surface area (Å²) in [4.78, 5) is 17.1. The van der Waals surface area contributed by atoms with Gasteiger partial charge in [-0.25, -0.2) is 0 Å². The molecule has 3 aromatic rings. The molecule has 32 heavy (non-hydrogen) atoms. The first-order valence-electron chi connectivity index (χ1n) is 11.5. The van der Waals surface area contributed by atoms with Gasteiger partial charge in [-0.3, -0.25) is 9.89 Å². The van der Waals surface area contributed by atoms with Gasteiger partial charge in [-0.15, -0.1) is 0 Å². The number of hydrogen-bond donors (Lipinski definition) is 2. The van der Waals surface area contributed by atoms with E-state index in [0.717, 1.165) is 55.2 Å². The molecule has 1 saturated heterocycles. The number of benzene rings is 2. The zero-order chi connectivity index (χ0) is 22.1. The summed E-state index contributed by atoms with van der Waals surface area (Å²) >= 11 is 0. The molecule has 2 fully saturated rings. The van der Waals surface area contributed by atoms with Crippen LogP contribution in [-0.2, 0) is 11.2 Å². The molecule has 1 aliphatic heterocycles. The molecule has 0 spiro atoms. The molecule has 0 radical (unpaired) electrons. The summed E-state index contributed by atoms with van der Waals surface area (Å²) in [5.74, 6) is 0.383. The SMILES string of the molecule is CN(C(=O)c1cc2c(CC3CCCC3)[nH]nc2cc1O)c1ccc(N2CCOCC2)cc1. The third kappa shape index (κ3) is 4.05. The molecule has 2 heterocycles. The van der Waals surface area contributed by atoms with Crippen molar-refractivity contribution >= 4 is 28.2 Å². The van der Waals surface area contributed by atoms with Gasteiger partial charge in [-0.2, -0.15) is 5.10 Å². The van der Waals surface area contributed by atoms with E-state index < -0.39 is 0 Å². The van der Waals surface area contributed by atoms with Crippen LogP contribution in [0.1, 0.15) is 41.7 Å². The molecule has 1 aliphatic carbocycles. The van der Waals surface area contributed by atoms with E-state index in [1.165, 1.54) is 25.7 Å². The Kier molecular flexibility index (Phi) is 5.74. The first-order valence-corrected chi connectivity index (χ1v) is 11.5. The Morgan fingerprint density at radius 1 is 1.19 bits per heavy atom. The summed E-state index contributed by atoms with van der Waals surface area (Å²) in [6.07, 6.45) is 6.00. The normalized spacial score (nSPS) is 17.2. The van der Waals surface area contributed by atoms with Crippen LogP contribution in [0, 0.1) is 5.92 Å². The van der Waals surface area contributed by atoms with Crippen molar-refractivity contribution in [1.29, 1.82) is 0 Å². The van der Waals surface area contributed by atoms with Crippen LogP contribution in [0.5, 0.6) is 5.75 Å². The van der Waals surface area contributed by atoms with Crippen LogP contribution in [0.4, 0.5) is 11.4 Å². The number of nitrogens with one attached hydrogen (secondary N) is 1. The second-order valence-corrected chi connectivity index (χ2v) is 8.92. The van der Waals surface area contributed by atoms with Crippen LogP contribution < -0.4 is 9.80 Å². The van der Waals surface area contributed by atoms with Gasteiger partial charge in [0.1, 0.15) is 5.75 Å². The largest absolute Gasteiger partial charge is 0.507 e. The number of H-pyrrole nitrogens is 1. The van der Waals surface area contributed by atoms with Crippen LogP contribution in [0.25, 0.3) is 10.9 Å². The van der Waals surface area contributed by atoms with Gasteiger partial charge in [0.25, 0.3) is 5.91 Å². The standard InChI is InChI=1S/C25H30N4O3/c1-28(18-6-8-19(9-7-18)29-10-12-32-13-11-29)25(31)21-15-20-22(14-17-4-2-3-5-17)26-27-23(20)16-24(21)30/h6-9,15-17,30H,2-5,10-14H2,1H3,(H,26,27). The number of morpholine rings is 1. The Morgan fingerprint density at radius 3 is 2.62 bits per heavy atom. The molecule has 2 aromatic carbocycles. The number of aromatic hydroxyl groups is 1. The van der Waals surface area contributed by atoms with Crippen molar-refractivity contribution in [2.24, 2.45) is 5.92 Å². The lowest BCUT2D eigenvalue weighted by Crippen LogP contribution is -2.36. The van der Waals surface area contributed by atoms with E-state index >= 15 is 0 Å². The maximum Gasteiger partial charge on any atom is 0.261 e. The molecule has 1 amide bonds. The first kappa shape index (κ1) is 20.8. The minimum absolute atomic E-state index is 0.0433. The number of phenols is 1. The van der Waals surface area contributed by atoms with Crippen molar-refractivity contribution in [1.82, 2.24) is 10.2 Å². The van der Waals surface area contributed by atoms with Gasteiger partial charge in [0, 0.05) is 48.7 Å². The average Bonchev–Trinajstić information content (AvgIpc) is 3.48. The van der Waals surface area contributed by atoms with Crippen LogP contribution in [0.3, 0.4) is 0 Å². The zero-order valence-corrected chi connectivity index (χ0v) is 18.5. The highest BCUT2D eigenvalue weighted by atomic mass is 16.5. The molecule has 1 aromatic heterocycles. The number of amides is 1. The Bertz CT molecular complexity index is 1100. The van der Waals surface area contributed by atoms with Gasteiger partial charge < -0.3 is 19.6 Å². The number of ether oxygens (including phenoxy) is 1. The number of rotatable bonds is 5. The van der Waals surface area contributed by atoms with E-state index in [1.54, 1.807) is 24.1 Å². The fourth-order valence-electron chi connectivity index (χ4n) is 4.94. The average molecular weight is 435 g/mol. The van der Waals surface area contributed by atoms with Crippen molar-refractivity contribution in [2.45, 2.75) is 32.1 Å². The van der Waals surface area contributed by atoms with Gasteiger partial charge in [0.05, 0.1) is 24.3 Å². The van der Waals surface area contributed by atoms with Crippen LogP contribution in [-0.4, -0.2) is 54.6 Å². The fraction of sp³-hybridized carbons (Fsp3) is 0.440. The second kappa shape index (κ2) is 8.82. The highest BCUT2D eigenvalue weighted by Gasteiger charge is 2.22. The molecule has 0 unspecified atom stereocenters. The molecule has 7 heteroatoms. The van der Waals surface area contributed by atoms with E-state index in [0.29, 0.717) is 17.0 Å². The molecular formula is C25H30N4O3. The Morgan fingerprint density at radius 2 is 1.91 bits per heavy atom. The molecule has 5 rings (SSSR count). The fourth-order valence-corrected chi connectivity index (χ4v) is 4.94. The Hall–Kier alpha value is -3.06. The van der Waals surface area contributed by atoms with Crippen molar-refractivity contribution in [3.05, 3.63) is 47.7 Å². The van der Waals surface area contributed by atoms with Gasteiger partial charge in [-0.05, 0) is 42.7 Å². The zero-order valence-electron chi connectivity index (χ0n) is 18.5. The lowest BCUT2D eigenvalue weighted by Gasteiger charge is -2.29. The first-order chi connectivity index (χ1) is 15.6. The monoisotopic (exact) mass is 434 g/mol. The third-order valence-corrected chi connectivity index (χ3v) is 6.87. The molecule has 0 atom stereocenters. The van der Waals surface area contributed by atoms with Gasteiger partial charge in [0.2, 0.25) is 0 Å². The van der Waals surface area contributed by atoms with Crippen LogP contribution in [0.2, 0.25) is 0 Å². The maximum atomic E-state index is 13.3. The van der Waals surface area contributed by atoms with E-state index in [2.05, 4.69) is 15.1 Å². The second-order valence-electron chi connectivity index (χ2n) is 8.92. The molecule has 2 aliphatic rings. The van der Waals surface area contributed by atoms with E-state index in [4.69, 9.17) is 4.74 Å². The van der Waals surface area contributed by atoms with Crippen LogP contribution >= 0.6 is 0 Å².